The standard InChI is InChI=1S/C17H18BrF2N/c1-2-21-11-14(12-3-6-16(19)7-4-12)9-13-10-15(18)5-8-17(13)20/h3-8,10,14,21H,2,9,11H2,1H3. The minimum absolute atomic E-state index is 0.106. The summed E-state index contributed by atoms with van der Waals surface area (Å²) in [6, 6.07) is 11.4. The number of hydrogen-bond acceptors (Lipinski definition) is 1. The van der Waals surface area contributed by atoms with Crippen molar-refractivity contribution in [2.75, 3.05) is 13.1 Å². The number of benzene rings is 2. The minimum Gasteiger partial charge on any atom is -0.316 e. The van der Waals surface area contributed by atoms with Gasteiger partial charge in [-0.15, -0.1) is 0 Å². The largest absolute Gasteiger partial charge is 0.316 e. The molecule has 2 aromatic carbocycles. The highest BCUT2D eigenvalue weighted by Crippen LogP contribution is 2.24. The fourth-order valence-electron chi connectivity index (χ4n) is 2.33. The summed E-state index contributed by atoms with van der Waals surface area (Å²) in [5.74, 6) is -0.356. The minimum atomic E-state index is -0.255. The molecule has 0 saturated carbocycles. The van der Waals surface area contributed by atoms with Gasteiger partial charge in [-0.25, -0.2) is 8.78 Å². The number of hydrogen-bond donors (Lipinski definition) is 1. The van der Waals surface area contributed by atoms with E-state index >= 15 is 0 Å². The van der Waals surface area contributed by atoms with E-state index < -0.39 is 0 Å². The highest BCUT2D eigenvalue weighted by atomic mass is 79.9. The van der Waals surface area contributed by atoms with Crippen molar-refractivity contribution in [3.63, 3.8) is 0 Å². The second-order valence-corrected chi connectivity index (χ2v) is 5.91. The first-order chi connectivity index (χ1) is 10.1. The molecular formula is C17H18BrF2N. The topological polar surface area (TPSA) is 12.0 Å². The van der Waals surface area contributed by atoms with Crippen molar-refractivity contribution in [2.45, 2.75) is 19.3 Å². The number of likely N-dealkylation sites (N-methyl/N-ethyl adjacent to an activating group) is 1. The Morgan fingerprint density at radius 3 is 2.48 bits per heavy atom. The van der Waals surface area contributed by atoms with E-state index in [2.05, 4.69) is 21.2 Å². The van der Waals surface area contributed by atoms with E-state index in [4.69, 9.17) is 0 Å². The first-order valence-corrected chi connectivity index (χ1v) is 7.79. The highest BCUT2D eigenvalue weighted by molar-refractivity contribution is 9.10. The summed E-state index contributed by atoms with van der Waals surface area (Å²) in [5.41, 5.74) is 1.67. The Balaban J connectivity index is 2.23. The van der Waals surface area contributed by atoms with Crippen LogP contribution in [0.3, 0.4) is 0 Å². The average molecular weight is 354 g/mol. The van der Waals surface area contributed by atoms with Gasteiger partial charge in [0.25, 0.3) is 0 Å². The molecule has 0 aliphatic rings. The monoisotopic (exact) mass is 353 g/mol. The van der Waals surface area contributed by atoms with Crippen LogP contribution in [0.2, 0.25) is 0 Å². The van der Waals surface area contributed by atoms with Gasteiger partial charge in [0.1, 0.15) is 11.6 Å². The summed E-state index contributed by atoms with van der Waals surface area (Å²) in [6.45, 7) is 3.61. The van der Waals surface area contributed by atoms with Crippen LogP contribution in [0, 0.1) is 11.6 Å². The van der Waals surface area contributed by atoms with E-state index in [1.165, 1.54) is 18.2 Å². The van der Waals surface area contributed by atoms with E-state index in [0.29, 0.717) is 12.0 Å². The summed E-state index contributed by atoms with van der Waals surface area (Å²) in [6.07, 6.45) is 0.573. The molecule has 1 nitrogen and oxygen atoms in total. The van der Waals surface area contributed by atoms with Gasteiger partial charge in [0, 0.05) is 16.9 Å². The zero-order valence-corrected chi connectivity index (χ0v) is 13.5. The van der Waals surface area contributed by atoms with Crippen LogP contribution < -0.4 is 5.32 Å². The molecule has 0 aliphatic heterocycles. The summed E-state index contributed by atoms with van der Waals surface area (Å²) < 4.78 is 27.9. The summed E-state index contributed by atoms with van der Waals surface area (Å²) in [4.78, 5) is 0. The van der Waals surface area contributed by atoms with Gasteiger partial charge in [-0.05, 0) is 54.4 Å². The van der Waals surface area contributed by atoms with Crippen LogP contribution >= 0.6 is 15.9 Å². The zero-order valence-electron chi connectivity index (χ0n) is 11.9. The zero-order chi connectivity index (χ0) is 15.2. The van der Waals surface area contributed by atoms with Crippen molar-refractivity contribution in [3.8, 4) is 0 Å². The van der Waals surface area contributed by atoms with Gasteiger partial charge in [-0.1, -0.05) is 35.0 Å². The van der Waals surface area contributed by atoms with Crippen molar-refractivity contribution in [1.29, 1.82) is 0 Å². The molecule has 4 heteroatoms. The van der Waals surface area contributed by atoms with Crippen LogP contribution in [-0.2, 0) is 6.42 Å². The molecule has 0 saturated heterocycles. The van der Waals surface area contributed by atoms with Crippen LogP contribution in [0.4, 0.5) is 8.78 Å². The normalized spacial score (nSPS) is 12.4. The lowest BCUT2D eigenvalue weighted by atomic mass is 9.91. The maximum Gasteiger partial charge on any atom is 0.126 e. The molecule has 2 aromatic rings. The molecule has 0 amide bonds. The van der Waals surface area contributed by atoms with Crippen molar-refractivity contribution >= 4 is 15.9 Å². The molecule has 0 bridgehead atoms. The SMILES string of the molecule is CCNCC(Cc1cc(Br)ccc1F)c1ccc(F)cc1. The van der Waals surface area contributed by atoms with Crippen LogP contribution in [0.5, 0.6) is 0 Å². The predicted molar refractivity (Wildman–Crippen MR) is 85.5 cm³/mol. The summed E-state index contributed by atoms with van der Waals surface area (Å²) in [5, 5.41) is 3.29. The Kier molecular flexibility index (Phi) is 5.88. The lowest BCUT2D eigenvalue weighted by Gasteiger charge is -2.18. The molecule has 0 fully saturated rings. The molecule has 0 aromatic heterocycles. The quantitative estimate of drug-likeness (QED) is 0.795. The first kappa shape index (κ1) is 16.1. The number of rotatable bonds is 6. The van der Waals surface area contributed by atoms with Crippen LogP contribution in [-0.4, -0.2) is 13.1 Å². The van der Waals surface area contributed by atoms with Crippen LogP contribution in [0.25, 0.3) is 0 Å². The average Bonchev–Trinajstić information content (AvgIpc) is 2.48. The Morgan fingerprint density at radius 2 is 1.81 bits per heavy atom. The fraction of sp³-hybridized carbons (Fsp3) is 0.294. The molecule has 0 heterocycles. The second kappa shape index (κ2) is 7.66. The molecular weight excluding hydrogens is 336 g/mol. The molecule has 21 heavy (non-hydrogen) atoms. The van der Waals surface area contributed by atoms with Crippen molar-refractivity contribution in [1.82, 2.24) is 5.32 Å². The smallest absolute Gasteiger partial charge is 0.126 e. The maximum atomic E-state index is 13.9. The van der Waals surface area contributed by atoms with Gasteiger partial charge in [0.05, 0.1) is 0 Å². The Labute approximate surface area is 132 Å². The lowest BCUT2D eigenvalue weighted by molar-refractivity contribution is 0.560. The van der Waals surface area contributed by atoms with Crippen LogP contribution in [0.15, 0.2) is 46.9 Å². The molecule has 0 spiro atoms. The summed E-state index contributed by atoms with van der Waals surface area (Å²) in [7, 11) is 0. The molecule has 112 valence electrons. The molecule has 1 unspecified atom stereocenters. The second-order valence-electron chi connectivity index (χ2n) is 5.00. The van der Waals surface area contributed by atoms with Gasteiger partial charge < -0.3 is 5.32 Å². The maximum absolute atomic E-state index is 13.9. The van der Waals surface area contributed by atoms with Gasteiger partial charge in [-0.2, -0.15) is 0 Å². The van der Waals surface area contributed by atoms with Crippen molar-refractivity contribution in [2.24, 2.45) is 0 Å². The molecule has 0 aliphatic carbocycles. The number of halogens is 3. The third-order valence-corrected chi connectivity index (χ3v) is 3.95. The van der Waals surface area contributed by atoms with Crippen LogP contribution in [0.1, 0.15) is 24.0 Å². The molecule has 0 radical (unpaired) electrons. The van der Waals surface area contributed by atoms with E-state index in [1.807, 2.05) is 6.92 Å². The third kappa shape index (κ3) is 4.61. The van der Waals surface area contributed by atoms with Gasteiger partial charge in [0.15, 0.2) is 0 Å². The Hall–Kier alpha value is -1.26. The first-order valence-electron chi connectivity index (χ1n) is 7.00. The predicted octanol–water partition coefficient (Wildman–Crippen LogP) is 4.66. The van der Waals surface area contributed by atoms with E-state index in [-0.39, 0.29) is 17.6 Å². The molecule has 1 N–H and O–H groups in total. The molecule has 1 atom stereocenters. The van der Waals surface area contributed by atoms with Gasteiger partial charge in [0.2, 0.25) is 0 Å². The number of nitrogens with one attached hydrogen (secondary N) is 1. The molecule has 2 rings (SSSR count). The van der Waals surface area contributed by atoms with E-state index in [9.17, 15) is 8.78 Å². The van der Waals surface area contributed by atoms with E-state index in [1.54, 1.807) is 24.3 Å². The van der Waals surface area contributed by atoms with Gasteiger partial charge in [-0.3, -0.25) is 0 Å². The van der Waals surface area contributed by atoms with E-state index in [0.717, 1.165) is 23.1 Å². The Bertz CT molecular complexity index is 584. The van der Waals surface area contributed by atoms with Crippen molar-refractivity contribution < 1.29 is 8.78 Å². The lowest BCUT2D eigenvalue weighted by Crippen LogP contribution is -2.23. The fourth-order valence-corrected chi connectivity index (χ4v) is 2.74. The summed E-state index contributed by atoms with van der Waals surface area (Å²) >= 11 is 3.37. The Morgan fingerprint density at radius 1 is 1.10 bits per heavy atom. The highest BCUT2D eigenvalue weighted by Gasteiger charge is 2.15. The van der Waals surface area contributed by atoms with Crippen molar-refractivity contribution in [3.05, 3.63) is 69.7 Å². The van der Waals surface area contributed by atoms with Gasteiger partial charge >= 0.3 is 0 Å². The third-order valence-electron chi connectivity index (χ3n) is 3.46.